The van der Waals surface area contributed by atoms with E-state index in [1.165, 1.54) is 18.2 Å². The lowest BCUT2D eigenvalue weighted by Crippen LogP contribution is -2.01. The fourth-order valence-electron chi connectivity index (χ4n) is 2.70. The van der Waals surface area contributed by atoms with Crippen LogP contribution in [-0.4, -0.2) is 4.92 Å². The van der Waals surface area contributed by atoms with Crippen LogP contribution in [0.5, 0.6) is 5.75 Å². The van der Waals surface area contributed by atoms with E-state index in [1.807, 2.05) is 6.07 Å². The molecule has 6 heteroatoms. The Balaban J connectivity index is 1.84. The first kappa shape index (κ1) is 16.7. The Morgan fingerprint density at radius 1 is 1.16 bits per heavy atom. The normalized spacial score (nSPS) is 10.8. The molecule has 0 radical (unpaired) electrons. The number of hydrogen-bond acceptors (Lipinski definition) is 5. The Bertz CT molecular complexity index is 977. The second-order valence-corrected chi connectivity index (χ2v) is 5.71. The molecule has 0 aliphatic carbocycles. The third-order valence-electron chi connectivity index (χ3n) is 3.85. The lowest BCUT2D eigenvalue weighted by Gasteiger charge is -2.08. The number of fused-ring (bicyclic) bond motifs is 1. The Labute approximate surface area is 143 Å². The number of benzene rings is 2. The van der Waals surface area contributed by atoms with Crippen molar-refractivity contribution in [1.82, 2.24) is 0 Å². The summed E-state index contributed by atoms with van der Waals surface area (Å²) in [5, 5.41) is 11.7. The summed E-state index contributed by atoms with van der Waals surface area (Å²) in [5.74, 6) is 0.538. The highest BCUT2D eigenvalue weighted by Gasteiger charge is 2.08. The van der Waals surface area contributed by atoms with E-state index in [9.17, 15) is 14.9 Å². The van der Waals surface area contributed by atoms with Gasteiger partial charge >= 0.3 is 5.63 Å². The molecule has 1 aromatic heterocycles. The number of nitrogens with zero attached hydrogens (tertiary/aromatic N) is 1. The molecule has 2 aromatic carbocycles. The summed E-state index contributed by atoms with van der Waals surface area (Å²) in [4.78, 5) is 22.1. The molecule has 0 unspecified atom stereocenters. The highest BCUT2D eigenvalue weighted by molar-refractivity contribution is 5.81. The minimum absolute atomic E-state index is 0.0230. The van der Waals surface area contributed by atoms with E-state index in [1.54, 1.807) is 24.3 Å². The van der Waals surface area contributed by atoms with Crippen molar-refractivity contribution in [1.29, 1.82) is 0 Å². The molecule has 0 amide bonds. The van der Waals surface area contributed by atoms with E-state index < -0.39 is 4.92 Å². The molecule has 1 heterocycles. The van der Waals surface area contributed by atoms with Gasteiger partial charge in [0.25, 0.3) is 5.69 Å². The third kappa shape index (κ3) is 3.85. The summed E-state index contributed by atoms with van der Waals surface area (Å²) in [6.07, 6.45) is 1.74. The molecule has 0 atom stereocenters. The van der Waals surface area contributed by atoms with Crippen molar-refractivity contribution in [2.75, 3.05) is 0 Å². The van der Waals surface area contributed by atoms with Gasteiger partial charge in [-0.3, -0.25) is 10.1 Å². The Morgan fingerprint density at radius 2 is 2.00 bits per heavy atom. The Kier molecular flexibility index (Phi) is 4.79. The molecular formula is C19H17NO5. The highest BCUT2D eigenvalue weighted by atomic mass is 16.6. The van der Waals surface area contributed by atoms with E-state index in [0.29, 0.717) is 16.9 Å². The van der Waals surface area contributed by atoms with Crippen LogP contribution in [0.1, 0.15) is 24.5 Å². The largest absolute Gasteiger partial charge is 0.489 e. The molecule has 0 aliphatic heterocycles. The van der Waals surface area contributed by atoms with E-state index >= 15 is 0 Å². The van der Waals surface area contributed by atoms with Crippen LogP contribution in [0, 0.1) is 10.1 Å². The van der Waals surface area contributed by atoms with Crippen molar-refractivity contribution < 1.29 is 14.1 Å². The zero-order valence-electron chi connectivity index (χ0n) is 13.7. The van der Waals surface area contributed by atoms with Gasteiger partial charge in [-0.2, -0.15) is 0 Å². The molecule has 6 nitrogen and oxygen atoms in total. The van der Waals surface area contributed by atoms with E-state index in [0.717, 1.165) is 23.8 Å². The Morgan fingerprint density at radius 3 is 2.76 bits per heavy atom. The smallest absolute Gasteiger partial charge is 0.336 e. The first-order chi connectivity index (χ1) is 12.1. The van der Waals surface area contributed by atoms with Gasteiger partial charge in [-0.25, -0.2) is 4.79 Å². The van der Waals surface area contributed by atoms with Gasteiger partial charge in [0.2, 0.25) is 0 Å². The second-order valence-electron chi connectivity index (χ2n) is 5.71. The average Bonchev–Trinajstić information content (AvgIpc) is 2.60. The predicted octanol–water partition coefficient (Wildman–Crippen LogP) is 4.23. The molecular weight excluding hydrogens is 322 g/mol. The fourth-order valence-corrected chi connectivity index (χ4v) is 2.70. The molecule has 25 heavy (non-hydrogen) atoms. The maximum atomic E-state index is 11.7. The molecule has 0 N–H and O–H groups in total. The van der Waals surface area contributed by atoms with E-state index in [-0.39, 0.29) is 17.9 Å². The van der Waals surface area contributed by atoms with Gasteiger partial charge in [0, 0.05) is 29.7 Å². The van der Waals surface area contributed by atoms with Gasteiger partial charge in [0.05, 0.1) is 4.92 Å². The molecule has 0 saturated carbocycles. The molecule has 3 aromatic rings. The van der Waals surface area contributed by atoms with Crippen molar-refractivity contribution in [3.63, 3.8) is 0 Å². The summed E-state index contributed by atoms with van der Waals surface area (Å²) in [7, 11) is 0. The van der Waals surface area contributed by atoms with Crippen LogP contribution in [0.4, 0.5) is 5.69 Å². The van der Waals surface area contributed by atoms with Gasteiger partial charge in [0.15, 0.2) is 0 Å². The van der Waals surface area contributed by atoms with Crippen LogP contribution < -0.4 is 10.4 Å². The molecule has 0 saturated heterocycles. The molecule has 128 valence electrons. The molecule has 0 spiro atoms. The highest BCUT2D eigenvalue weighted by Crippen LogP contribution is 2.24. The second kappa shape index (κ2) is 7.17. The van der Waals surface area contributed by atoms with Crippen LogP contribution in [-0.2, 0) is 13.0 Å². The number of nitro benzene ring substituents is 1. The number of rotatable bonds is 6. The minimum atomic E-state index is -0.441. The monoisotopic (exact) mass is 339 g/mol. The third-order valence-corrected chi connectivity index (χ3v) is 3.85. The predicted molar refractivity (Wildman–Crippen MR) is 93.9 cm³/mol. The quantitative estimate of drug-likeness (QED) is 0.381. The van der Waals surface area contributed by atoms with Gasteiger partial charge < -0.3 is 9.15 Å². The first-order valence-corrected chi connectivity index (χ1v) is 7.99. The van der Waals surface area contributed by atoms with Crippen LogP contribution in [0.3, 0.4) is 0 Å². The van der Waals surface area contributed by atoms with Gasteiger partial charge in [-0.05, 0) is 29.7 Å². The van der Waals surface area contributed by atoms with Gasteiger partial charge in [-0.15, -0.1) is 0 Å². The Hall–Kier alpha value is -3.15. The standard InChI is InChI=1S/C19H17NO5/c1-2-4-14-10-19(21)25-18-11-16(7-8-17(14)18)24-12-13-5-3-6-15(9-13)20(22)23/h3,5-11H,2,4,12H2,1H3. The van der Waals surface area contributed by atoms with Crippen LogP contribution >= 0.6 is 0 Å². The number of aryl methyl sites for hydroxylation is 1. The van der Waals surface area contributed by atoms with Crippen LogP contribution in [0.25, 0.3) is 11.0 Å². The van der Waals surface area contributed by atoms with Crippen molar-refractivity contribution in [2.45, 2.75) is 26.4 Å². The van der Waals surface area contributed by atoms with Crippen LogP contribution in [0.15, 0.2) is 57.7 Å². The minimum Gasteiger partial charge on any atom is -0.489 e. The number of non-ortho nitro benzene ring substituents is 1. The molecule has 3 rings (SSSR count). The first-order valence-electron chi connectivity index (χ1n) is 7.99. The topological polar surface area (TPSA) is 82.6 Å². The fraction of sp³-hybridized carbons (Fsp3) is 0.211. The summed E-state index contributed by atoms with van der Waals surface area (Å²) >= 11 is 0. The zero-order chi connectivity index (χ0) is 17.8. The lowest BCUT2D eigenvalue weighted by atomic mass is 10.1. The van der Waals surface area contributed by atoms with E-state index in [2.05, 4.69) is 6.92 Å². The number of nitro groups is 1. The molecule has 0 bridgehead atoms. The summed E-state index contributed by atoms with van der Waals surface area (Å²) in [6, 6.07) is 13.2. The maximum Gasteiger partial charge on any atom is 0.336 e. The van der Waals surface area contributed by atoms with Crippen molar-refractivity contribution in [3.05, 3.63) is 80.2 Å². The SMILES string of the molecule is CCCc1cc(=O)oc2cc(OCc3cccc([N+](=O)[O-])c3)ccc12. The zero-order valence-corrected chi connectivity index (χ0v) is 13.7. The maximum absolute atomic E-state index is 11.7. The van der Waals surface area contributed by atoms with Gasteiger partial charge in [-0.1, -0.05) is 25.5 Å². The van der Waals surface area contributed by atoms with Crippen molar-refractivity contribution in [3.8, 4) is 5.75 Å². The van der Waals surface area contributed by atoms with Crippen LogP contribution in [0.2, 0.25) is 0 Å². The molecule has 0 aliphatic rings. The van der Waals surface area contributed by atoms with E-state index in [4.69, 9.17) is 9.15 Å². The lowest BCUT2D eigenvalue weighted by molar-refractivity contribution is -0.384. The van der Waals surface area contributed by atoms with Gasteiger partial charge in [0.1, 0.15) is 17.9 Å². The number of ether oxygens (including phenoxy) is 1. The number of hydrogen-bond donors (Lipinski definition) is 0. The summed E-state index contributed by atoms with van der Waals surface area (Å²) in [5.41, 5.74) is 1.77. The average molecular weight is 339 g/mol. The van der Waals surface area contributed by atoms with Crippen molar-refractivity contribution in [2.24, 2.45) is 0 Å². The summed E-state index contributed by atoms with van der Waals surface area (Å²) in [6.45, 7) is 2.24. The van der Waals surface area contributed by atoms with Crippen molar-refractivity contribution >= 4 is 16.7 Å². The summed E-state index contributed by atoms with van der Waals surface area (Å²) < 4.78 is 11.0. The molecule has 0 fully saturated rings.